The summed E-state index contributed by atoms with van der Waals surface area (Å²) in [5.41, 5.74) is 5.36. The smallest absolute Gasteiger partial charge is 0.257 e. The molecule has 4 N–H and O–H groups in total. The molecule has 0 saturated heterocycles. The largest absolute Gasteiger partial charge is 0.496 e. The van der Waals surface area contributed by atoms with Crippen molar-refractivity contribution < 1.29 is 19.4 Å². The Morgan fingerprint density at radius 3 is 2.75 bits per heavy atom. The molecule has 6 heteroatoms. The summed E-state index contributed by atoms with van der Waals surface area (Å²) in [5, 5.41) is 12.7. The molecule has 1 rings (SSSR count). The van der Waals surface area contributed by atoms with Gasteiger partial charge in [0.25, 0.3) is 5.91 Å². The van der Waals surface area contributed by atoms with E-state index in [1.54, 1.807) is 32.2 Å². The van der Waals surface area contributed by atoms with E-state index in [0.717, 1.165) is 0 Å². The number of nitrogens with one attached hydrogen (secondary N) is 1. The first-order valence-electron chi connectivity index (χ1n) is 6.33. The molecule has 0 aromatic heterocycles. The van der Waals surface area contributed by atoms with Crippen molar-refractivity contribution in [3.63, 3.8) is 0 Å². The molecule has 1 amide bonds. The van der Waals surface area contributed by atoms with Crippen molar-refractivity contribution in [2.45, 2.75) is 18.9 Å². The van der Waals surface area contributed by atoms with E-state index in [2.05, 4.69) is 5.32 Å². The van der Waals surface area contributed by atoms with Gasteiger partial charge >= 0.3 is 0 Å². The van der Waals surface area contributed by atoms with Gasteiger partial charge in [-0.3, -0.25) is 4.79 Å². The Morgan fingerprint density at radius 1 is 1.45 bits per heavy atom. The summed E-state index contributed by atoms with van der Waals surface area (Å²) in [4.78, 5) is 12.2. The van der Waals surface area contributed by atoms with E-state index in [1.165, 1.54) is 7.11 Å². The Labute approximate surface area is 118 Å². The third kappa shape index (κ3) is 4.40. The van der Waals surface area contributed by atoms with Gasteiger partial charge in [-0.15, -0.1) is 0 Å². The molecular formula is C14H22N2O4. The van der Waals surface area contributed by atoms with Crippen LogP contribution in [0.4, 0.5) is 5.69 Å². The maximum absolute atomic E-state index is 12.2. The Morgan fingerprint density at radius 2 is 2.15 bits per heavy atom. The minimum absolute atomic E-state index is 0.104. The SMILES string of the molecule is COCCC(C)(O)CNC(=O)c1c(N)cccc1OC. The molecule has 0 fully saturated rings. The molecule has 0 radical (unpaired) electrons. The number of hydrogen-bond acceptors (Lipinski definition) is 5. The zero-order chi connectivity index (χ0) is 15.2. The fraction of sp³-hybridized carbons (Fsp3) is 0.500. The maximum Gasteiger partial charge on any atom is 0.257 e. The fourth-order valence-corrected chi connectivity index (χ4v) is 1.73. The van der Waals surface area contributed by atoms with Crippen LogP contribution in [0, 0.1) is 0 Å². The van der Waals surface area contributed by atoms with Gasteiger partial charge in [0.2, 0.25) is 0 Å². The van der Waals surface area contributed by atoms with Gasteiger partial charge in [0, 0.05) is 32.4 Å². The van der Waals surface area contributed by atoms with Gasteiger partial charge in [-0.2, -0.15) is 0 Å². The number of rotatable bonds is 7. The van der Waals surface area contributed by atoms with Crippen LogP contribution in [0.15, 0.2) is 18.2 Å². The van der Waals surface area contributed by atoms with E-state index in [-0.39, 0.29) is 18.0 Å². The van der Waals surface area contributed by atoms with Crippen LogP contribution in [0.1, 0.15) is 23.7 Å². The van der Waals surface area contributed by atoms with Gasteiger partial charge < -0.3 is 25.6 Å². The van der Waals surface area contributed by atoms with E-state index in [1.807, 2.05) is 0 Å². The average Bonchev–Trinajstić information content (AvgIpc) is 2.42. The molecule has 6 nitrogen and oxygen atoms in total. The topological polar surface area (TPSA) is 93.8 Å². The molecule has 0 aliphatic rings. The number of hydrogen-bond donors (Lipinski definition) is 3. The standard InChI is InChI=1S/C14H22N2O4/c1-14(18,7-8-19-2)9-16-13(17)12-10(15)5-4-6-11(12)20-3/h4-6,18H,7-9,15H2,1-3H3,(H,16,17). The molecule has 0 aliphatic heterocycles. The molecule has 0 spiro atoms. The number of methoxy groups -OCH3 is 2. The predicted octanol–water partition coefficient (Wildman–Crippen LogP) is 0.795. The van der Waals surface area contributed by atoms with Crippen LogP contribution in [-0.2, 0) is 4.74 Å². The van der Waals surface area contributed by atoms with Gasteiger partial charge in [-0.05, 0) is 19.1 Å². The number of carbonyl (C=O) groups excluding carboxylic acids is 1. The minimum atomic E-state index is -1.04. The van der Waals surface area contributed by atoms with Crippen LogP contribution >= 0.6 is 0 Å². The highest BCUT2D eigenvalue weighted by molar-refractivity contribution is 6.01. The zero-order valence-electron chi connectivity index (χ0n) is 12.1. The van der Waals surface area contributed by atoms with Crippen molar-refractivity contribution >= 4 is 11.6 Å². The van der Waals surface area contributed by atoms with Crippen LogP contribution in [-0.4, -0.2) is 44.0 Å². The Bertz CT molecular complexity index is 460. The first-order valence-corrected chi connectivity index (χ1v) is 6.33. The molecule has 1 unspecified atom stereocenters. The van der Waals surface area contributed by atoms with Crippen LogP contribution in [0.3, 0.4) is 0 Å². The second-order valence-corrected chi connectivity index (χ2v) is 4.85. The maximum atomic E-state index is 12.2. The fourth-order valence-electron chi connectivity index (χ4n) is 1.73. The van der Waals surface area contributed by atoms with Crippen molar-refractivity contribution in [2.24, 2.45) is 0 Å². The Kier molecular flexibility index (Phi) is 5.79. The summed E-state index contributed by atoms with van der Waals surface area (Å²) in [7, 11) is 3.03. The number of aliphatic hydroxyl groups is 1. The summed E-state index contributed by atoms with van der Waals surface area (Å²) >= 11 is 0. The zero-order valence-corrected chi connectivity index (χ0v) is 12.1. The van der Waals surface area contributed by atoms with Crippen LogP contribution < -0.4 is 15.8 Å². The monoisotopic (exact) mass is 282 g/mol. The number of amides is 1. The number of carbonyl (C=O) groups is 1. The average molecular weight is 282 g/mol. The van der Waals surface area contributed by atoms with E-state index >= 15 is 0 Å². The third-order valence-corrected chi connectivity index (χ3v) is 2.98. The molecule has 0 bridgehead atoms. The van der Waals surface area contributed by atoms with Crippen molar-refractivity contribution in [3.8, 4) is 5.75 Å². The molecular weight excluding hydrogens is 260 g/mol. The highest BCUT2D eigenvalue weighted by Crippen LogP contribution is 2.24. The normalized spacial score (nSPS) is 13.6. The molecule has 112 valence electrons. The predicted molar refractivity (Wildman–Crippen MR) is 76.9 cm³/mol. The van der Waals surface area contributed by atoms with Crippen molar-refractivity contribution in [3.05, 3.63) is 23.8 Å². The van der Waals surface area contributed by atoms with E-state index in [9.17, 15) is 9.90 Å². The van der Waals surface area contributed by atoms with E-state index in [4.69, 9.17) is 15.2 Å². The Hall–Kier alpha value is -1.79. The molecule has 20 heavy (non-hydrogen) atoms. The summed E-state index contributed by atoms with van der Waals surface area (Å²) < 4.78 is 10.0. The summed E-state index contributed by atoms with van der Waals surface area (Å²) in [6.07, 6.45) is 0.422. The van der Waals surface area contributed by atoms with E-state index < -0.39 is 5.60 Å². The van der Waals surface area contributed by atoms with Crippen LogP contribution in [0.5, 0.6) is 5.75 Å². The van der Waals surface area contributed by atoms with Gasteiger partial charge in [0.1, 0.15) is 11.3 Å². The van der Waals surface area contributed by atoms with Crippen molar-refractivity contribution in [1.29, 1.82) is 0 Å². The lowest BCUT2D eigenvalue weighted by Gasteiger charge is -2.23. The quantitative estimate of drug-likeness (QED) is 0.643. The van der Waals surface area contributed by atoms with Crippen LogP contribution in [0.25, 0.3) is 0 Å². The molecule has 1 atom stereocenters. The number of nitrogens with two attached hydrogens (primary N) is 1. The number of ether oxygens (including phenoxy) is 2. The number of anilines is 1. The van der Waals surface area contributed by atoms with Gasteiger partial charge in [0.05, 0.1) is 12.7 Å². The summed E-state index contributed by atoms with van der Waals surface area (Å²) in [5.74, 6) is 0.0247. The number of benzene rings is 1. The second kappa shape index (κ2) is 7.12. The van der Waals surface area contributed by atoms with Crippen molar-refractivity contribution in [2.75, 3.05) is 33.1 Å². The second-order valence-electron chi connectivity index (χ2n) is 4.85. The van der Waals surface area contributed by atoms with Crippen LogP contribution in [0.2, 0.25) is 0 Å². The molecule has 0 aliphatic carbocycles. The highest BCUT2D eigenvalue weighted by atomic mass is 16.5. The third-order valence-electron chi connectivity index (χ3n) is 2.98. The molecule has 1 aromatic rings. The lowest BCUT2D eigenvalue weighted by molar-refractivity contribution is 0.0243. The first-order chi connectivity index (χ1) is 9.41. The highest BCUT2D eigenvalue weighted by Gasteiger charge is 2.23. The first kappa shape index (κ1) is 16.3. The molecule has 1 aromatic carbocycles. The molecule has 0 heterocycles. The van der Waals surface area contributed by atoms with Gasteiger partial charge in [0.15, 0.2) is 0 Å². The summed E-state index contributed by atoms with van der Waals surface area (Å²) in [6, 6.07) is 4.99. The molecule has 0 saturated carbocycles. The lowest BCUT2D eigenvalue weighted by Crippen LogP contribution is -2.41. The van der Waals surface area contributed by atoms with Gasteiger partial charge in [-0.1, -0.05) is 6.07 Å². The minimum Gasteiger partial charge on any atom is -0.496 e. The number of nitrogen functional groups attached to an aromatic ring is 1. The Balaban J connectivity index is 2.73. The van der Waals surface area contributed by atoms with E-state index in [0.29, 0.717) is 24.5 Å². The van der Waals surface area contributed by atoms with Crippen molar-refractivity contribution in [1.82, 2.24) is 5.32 Å². The summed E-state index contributed by atoms with van der Waals surface area (Å²) in [6.45, 7) is 2.16. The lowest BCUT2D eigenvalue weighted by atomic mass is 10.0. The van der Waals surface area contributed by atoms with Gasteiger partial charge in [-0.25, -0.2) is 0 Å².